The summed E-state index contributed by atoms with van der Waals surface area (Å²) in [6.07, 6.45) is 1.42. The molecule has 2 unspecified atom stereocenters. The molecular weight excluding hydrogens is 491 g/mol. The summed E-state index contributed by atoms with van der Waals surface area (Å²) in [4.78, 5) is 45.3. The van der Waals surface area contributed by atoms with Crippen LogP contribution in [0.2, 0.25) is 5.02 Å². The van der Waals surface area contributed by atoms with Crippen molar-refractivity contribution in [3.8, 4) is 0 Å². The fourth-order valence-corrected chi connectivity index (χ4v) is 4.92. The first-order valence-corrected chi connectivity index (χ1v) is 12.1. The molecule has 36 heavy (non-hydrogen) atoms. The number of nitrogens with zero attached hydrogens (tertiary/aromatic N) is 5. The maximum absolute atomic E-state index is 14.8. The minimum Gasteiger partial charge on any atom is -0.383 e. The summed E-state index contributed by atoms with van der Waals surface area (Å²) < 4.78 is 23.7. The highest BCUT2D eigenvalue weighted by Gasteiger charge is 2.31. The molecule has 0 radical (unpaired) electrons. The number of amides is 1. The summed E-state index contributed by atoms with van der Waals surface area (Å²) >= 11 is 6.31. The molecule has 0 spiro atoms. The number of methoxy groups -OCH3 is 1. The molecule has 1 aliphatic rings. The van der Waals surface area contributed by atoms with Crippen molar-refractivity contribution in [3.05, 3.63) is 55.4 Å². The lowest BCUT2D eigenvalue weighted by atomic mass is 9.97. The Bertz CT molecular complexity index is 1390. The number of nitrogens with one attached hydrogen (secondary N) is 1. The maximum atomic E-state index is 14.8. The normalized spacial score (nSPS) is 16.9. The molecule has 1 saturated heterocycles. The molecule has 0 bridgehead atoms. The van der Waals surface area contributed by atoms with Crippen molar-refractivity contribution in [3.63, 3.8) is 0 Å². The number of aryl methyl sites for hydroxylation is 1. The number of halogens is 2. The first-order valence-electron chi connectivity index (χ1n) is 11.8. The second-order valence-corrected chi connectivity index (χ2v) is 9.63. The van der Waals surface area contributed by atoms with Gasteiger partial charge >= 0.3 is 5.69 Å². The predicted octanol–water partition coefficient (Wildman–Crippen LogP) is 1.64. The minimum atomic E-state index is -0.543. The zero-order chi connectivity index (χ0) is 26.1. The number of carbonyl (C=O) groups is 1. The number of rotatable bonds is 7. The van der Waals surface area contributed by atoms with Crippen LogP contribution in [0.5, 0.6) is 0 Å². The third-order valence-electron chi connectivity index (χ3n) is 6.59. The van der Waals surface area contributed by atoms with E-state index in [4.69, 9.17) is 16.3 Å². The van der Waals surface area contributed by atoms with Gasteiger partial charge in [0, 0.05) is 50.9 Å². The van der Waals surface area contributed by atoms with Gasteiger partial charge in [0.1, 0.15) is 5.82 Å². The number of carbonyl (C=O) groups excluding carboxylic acids is 1. The van der Waals surface area contributed by atoms with Crippen LogP contribution in [0.15, 0.2) is 27.8 Å². The molecule has 2 aromatic heterocycles. The van der Waals surface area contributed by atoms with Gasteiger partial charge in [-0.1, -0.05) is 17.7 Å². The smallest absolute Gasteiger partial charge is 0.332 e. The third-order valence-corrected chi connectivity index (χ3v) is 6.94. The largest absolute Gasteiger partial charge is 0.383 e. The summed E-state index contributed by atoms with van der Waals surface area (Å²) in [7, 11) is 4.50. The van der Waals surface area contributed by atoms with Crippen LogP contribution in [0.25, 0.3) is 11.2 Å². The van der Waals surface area contributed by atoms with Gasteiger partial charge in [-0.05, 0) is 31.9 Å². The quantitative estimate of drug-likeness (QED) is 0.508. The summed E-state index contributed by atoms with van der Waals surface area (Å²) in [5.74, 6) is -0.535. The lowest BCUT2D eigenvalue weighted by Gasteiger charge is -2.33. The number of piperidine rings is 1. The Morgan fingerprint density at radius 3 is 2.75 bits per heavy atom. The first kappa shape index (κ1) is 25.9. The lowest BCUT2D eigenvalue weighted by Crippen LogP contribution is -2.47. The predicted molar refractivity (Wildman–Crippen MR) is 135 cm³/mol. The number of ether oxygens (including phenoxy) is 1. The number of hydrogen-bond donors (Lipinski definition) is 1. The lowest BCUT2D eigenvalue weighted by molar-refractivity contribution is -0.126. The van der Waals surface area contributed by atoms with Crippen molar-refractivity contribution in [1.82, 2.24) is 24.0 Å². The van der Waals surface area contributed by atoms with Crippen LogP contribution in [0.1, 0.15) is 25.3 Å². The number of aromatic nitrogens is 4. The highest BCUT2D eigenvalue weighted by Crippen LogP contribution is 2.28. The standard InChI is InChI=1S/C24H30ClFN6O4/c1-14(13-36-4)27-21(33)15-7-6-10-31(11-15)23-28-20-19(22(34)30(3)24(35)29(20)2)32(23)12-16-17(25)8-5-9-18(16)26/h5,8-9,14-15H,6-7,10-13H2,1-4H3,(H,27,33). The van der Waals surface area contributed by atoms with E-state index in [1.165, 1.54) is 30.8 Å². The van der Waals surface area contributed by atoms with Gasteiger partial charge in [-0.2, -0.15) is 4.98 Å². The minimum absolute atomic E-state index is 0.0664. The molecule has 1 aromatic carbocycles. The van der Waals surface area contributed by atoms with Crippen molar-refractivity contribution in [2.45, 2.75) is 32.4 Å². The SMILES string of the molecule is COCC(C)NC(=O)C1CCCN(c2nc3c(c(=O)n(C)c(=O)n3C)n2Cc2c(F)cccc2Cl)C1. The topological polar surface area (TPSA) is 103 Å². The van der Waals surface area contributed by atoms with Gasteiger partial charge in [0.05, 0.1) is 19.1 Å². The zero-order valence-electron chi connectivity index (χ0n) is 20.8. The Hall–Kier alpha value is -3.18. The number of fused-ring (bicyclic) bond motifs is 1. The van der Waals surface area contributed by atoms with E-state index in [1.54, 1.807) is 17.7 Å². The van der Waals surface area contributed by atoms with Crippen molar-refractivity contribution < 1.29 is 13.9 Å². The van der Waals surface area contributed by atoms with E-state index in [0.29, 0.717) is 32.1 Å². The summed E-state index contributed by atoms with van der Waals surface area (Å²) in [6.45, 7) is 3.14. The summed E-state index contributed by atoms with van der Waals surface area (Å²) in [5, 5.41) is 3.18. The average Bonchev–Trinajstić information content (AvgIpc) is 3.23. The highest BCUT2D eigenvalue weighted by atomic mass is 35.5. The van der Waals surface area contributed by atoms with Gasteiger partial charge < -0.3 is 15.0 Å². The molecule has 3 heterocycles. The molecule has 2 atom stereocenters. The van der Waals surface area contributed by atoms with Gasteiger partial charge in [0.2, 0.25) is 11.9 Å². The molecule has 1 aliphatic heterocycles. The molecule has 3 aromatic rings. The molecule has 0 aliphatic carbocycles. The number of benzene rings is 1. The Balaban J connectivity index is 1.80. The zero-order valence-corrected chi connectivity index (χ0v) is 21.5. The van der Waals surface area contributed by atoms with Crippen LogP contribution in [0, 0.1) is 11.7 Å². The van der Waals surface area contributed by atoms with E-state index in [-0.39, 0.29) is 46.2 Å². The second kappa shape index (κ2) is 10.4. The highest BCUT2D eigenvalue weighted by molar-refractivity contribution is 6.31. The molecule has 12 heteroatoms. The van der Waals surface area contributed by atoms with Crippen molar-refractivity contribution >= 4 is 34.6 Å². The second-order valence-electron chi connectivity index (χ2n) is 9.23. The van der Waals surface area contributed by atoms with Crippen molar-refractivity contribution in [2.75, 3.05) is 31.7 Å². The van der Waals surface area contributed by atoms with Gasteiger partial charge in [-0.25, -0.2) is 9.18 Å². The number of imidazole rings is 1. The van der Waals surface area contributed by atoms with Crippen LogP contribution < -0.4 is 21.5 Å². The fraction of sp³-hybridized carbons (Fsp3) is 0.500. The van der Waals surface area contributed by atoms with Gasteiger partial charge in [0.25, 0.3) is 5.56 Å². The molecule has 1 N–H and O–H groups in total. The monoisotopic (exact) mass is 520 g/mol. The molecule has 194 valence electrons. The van der Waals surface area contributed by atoms with Gasteiger partial charge in [0.15, 0.2) is 11.2 Å². The van der Waals surface area contributed by atoms with E-state index in [0.717, 1.165) is 11.0 Å². The van der Waals surface area contributed by atoms with E-state index in [2.05, 4.69) is 10.3 Å². The van der Waals surface area contributed by atoms with Gasteiger partial charge in [-0.3, -0.25) is 23.3 Å². The maximum Gasteiger partial charge on any atom is 0.332 e. The molecule has 1 fully saturated rings. The number of hydrogen-bond acceptors (Lipinski definition) is 6. The number of anilines is 1. The molecule has 0 saturated carbocycles. The van der Waals surface area contributed by atoms with Crippen molar-refractivity contribution in [2.24, 2.45) is 20.0 Å². The molecular formula is C24H30ClFN6O4. The Morgan fingerprint density at radius 1 is 1.31 bits per heavy atom. The Labute approximate surface area is 212 Å². The molecule has 1 amide bonds. The summed E-state index contributed by atoms with van der Waals surface area (Å²) in [6, 6.07) is 4.25. The van der Waals surface area contributed by atoms with Crippen LogP contribution in [-0.4, -0.2) is 57.4 Å². The van der Waals surface area contributed by atoms with E-state index >= 15 is 0 Å². The molecule has 4 rings (SSSR count). The fourth-order valence-electron chi connectivity index (χ4n) is 4.69. The Kier molecular flexibility index (Phi) is 7.51. The van der Waals surface area contributed by atoms with Crippen molar-refractivity contribution in [1.29, 1.82) is 0 Å². The van der Waals surface area contributed by atoms with E-state index < -0.39 is 17.1 Å². The van der Waals surface area contributed by atoms with E-state index in [9.17, 15) is 18.8 Å². The third kappa shape index (κ3) is 4.77. The van der Waals surface area contributed by atoms with Crippen LogP contribution in [0.4, 0.5) is 10.3 Å². The van der Waals surface area contributed by atoms with Gasteiger partial charge in [-0.15, -0.1) is 0 Å². The van der Waals surface area contributed by atoms with Crippen LogP contribution in [-0.2, 0) is 30.2 Å². The average molecular weight is 521 g/mol. The van der Waals surface area contributed by atoms with Crippen LogP contribution in [0.3, 0.4) is 0 Å². The molecule has 10 nitrogen and oxygen atoms in total. The first-order chi connectivity index (χ1) is 17.1. The summed E-state index contributed by atoms with van der Waals surface area (Å²) in [5.41, 5.74) is -0.509. The Morgan fingerprint density at radius 2 is 2.06 bits per heavy atom. The van der Waals surface area contributed by atoms with E-state index in [1.807, 2.05) is 11.8 Å². The van der Waals surface area contributed by atoms with Crippen LogP contribution >= 0.6 is 11.6 Å².